The number of rotatable bonds is 0. The van der Waals surface area contributed by atoms with E-state index in [1.165, 1.54) is 0 Å². The summed E-state index contributed by atoms with van der Waals surface area (Å²) in [5, 5.41) is 0. The minimum Gasteiger partial charge on any atom is 0 e. The van der Waals surface area contributed by atoms with Crippen LogP contribution in [0.15, 0.2) is 0 Å². The predicted octanol–water partition coefficient (Wildman–Crippen LogP) is -1.64. The second-order valence-corrected chi connectivity index (χ2v) is 0. The van der Waals surface area contributed by atoms with E-state index in [-0.39, 0.29) is 137 Å². The van der Waals surface area contributed by atoms with Crippen molar-refractivity contribution < 1.29 is 19.8 Å². The molecule has 0 N–H and O–H groups in total. The molecule has 0 spiro atoms. The smallest absolute Gasteiger partial charge is 0 e. The van der Waals surface area contributed by atoms with Crippen LogP contribution in [0.3, 0.4) is 0 Å². The zero-order chi connectivity index (χ0) is 2.00. The van der Waals surface area contributed by atoms with Gasteiger partial charge >= 0.3 is 19.8 Å². The molecule has 0 rings (SSSR count). The van der Waals surface area contributed by atoms with E-state index in [1.54, 1.807) is 0 Å². The van der Waals surface area contributed by atoms with Crippen molar-refractivity contribution in [2.75, 3.05) is 0 Å². The Kier molecular flexibility index (Phi) is 168. The van der Waals surface area contributed by atoms with Gasteiger partial charge in [0.2, 0.25) is 0 Å². The Morgan fingerprint density at radius 2 is 1.17 bits per heavy atom. The molecule has 0 aromatic heterocycles. The molecule has 30 valence electrons. The van der Waals surface area contributed by atoms with E-state index in [9.17, 15) is 0 Å². The zero-order valence-electron chi connectivity index (χ0n) is 3.07. The van der Waals surface area contributed by atoms with Crippen molar-refractivity contribution in [1.29, 1.82) is 0 Å². The van der Waals surface area contributed by atoms with Crippen LogP contribution in [0.5, 0.6) is 0 Å². The van der Waals surface area contributed by atoms with E-state index in [0.29, 0.717) is 0 Å². The molecule has 0 saturated carbocycles. The van der Waals surface area contributed by atoms with Gasteiger partial charge in [-0.2, -0.15) is 0 Å². The fourth-order valence-electron chi connectivity index (χ4n) is 0. The Hall–Kier alpha value is 4.86. The van der Waals surface area contributed by atoms with Gasteiger partial charge in [0.1, 0.15) is 0 Å². The van der Waals surface area contributed by atoms with E-state index in [0.717, 1.165) is 0 Å². The first-order valence-electron chi connectivity index (χ1n) is 0.123. The van der Waals surface area contributed by atoms with Crippen LogP contribution in [0, 0.1) is 0 Å². The largest absolute Gasteiger partial charge is 0 e. The van der Waals surface area contributed by atoms with E-state index in [2.05, 4.69) is 15.9 Å². The molecule has 6 heteroatoms. The number of hydrogen-bond donors (Lipinski definition) is 0. The summed E-state index contributed by atoms with van der Waals surface area (Å²) in [5.74, 6) is 0. The Morgan fingerprint density at radius 3 is 1.17 bits per heavy atom. The first-order valence-corrected chi connectivity index (χ1v) is 0.508. The summed E-state index contributed by atoms with van der Waals surface area (Å²) >= 11 is 2.94. The van der Waals surface area contributed by atoms with Gasteiger partial charge in [0.05, 0.1) is 0 Å². The molecule has 0 unspecified atom stereocenters. The van der Waals surface area contributed by atoms with Crippen LogP contribution in [0.25, 0.3) is 0 Å². The third-order valence-electron chi connectivity index (χ3n) is 0. The van der Waals surface area contributed by atoms with Gasteiger partial charge in [-0.1, -0.05) is 0 Å². The monoisotopic (exact) mass is 624 g/mol. The Labute approximate surface area is 152 Å². The maximum absolute atomic E-state index is 7.81. The normalized spacial score (nSPS) is 1.00. The van der Waals surface area contributed by atoms with Crippen LogP contribution in [0.1, 0.15) is 0 Å². The van der Waals surface area contributed by atoms with Crippen LogP contribution in [0.4, 0.5) is 0 Å². The molecule has 11 radical (unpaired) electrons. The fraction of sp³-hybridized carbons (Fsp3) is 0. The van der Waals surface area contributed by atoms with Gasteiger partial charge in [0.25, 0.3) is 0 Å². The van der Waals surface area contributed by atoms with Crippen LogP contribution < -0.4 is 0 Å². The molecule has 0 aliphatic heterocycles. The zero-order valence-corrected chi connectivity index (χ0v) is 17.1. The molecular weight excluding hydrogens is 623 g/mol. The van der Waals surface area contributed by atoms with Gasteiger partial charge in [0.15, 0.2) is 0 Å². The molecule has 0 atom stereocenters. The van der Waals surface area contributed by atoms with Crippen molar-refractivity contribution in [1.82, 2.24) is 0 Å². The number of hydrogen-bond acceptors (Lipinski definition) is 1. The van der Waals surface area contributed by atoms with Gasteiger partial charge in [0, 0.05) is 137 Å². The van der Waals surface area contributed by atoms with Crippen LogP contribution in [-0.2, 0) is 19.8 Å². The molecule has 0 aromatic rings. The van der Waals surface area contributed by atoms with Gasteiger partial charge < -0.3 is 0 Å². The molecule has 0 bridgehead atoms. The van der Waals surface area contributed by atoms with Crippen LogP contribution in [-0.4, -0.2) is 137 Å². The maximum Gasteiger partial charge on any atom is 0 e. The summed E-state index contributed by atoms with van der Waals surface area (Å²) in [6.45, 7) is 0. The van der Waals surface area contributed by atoms with Gasteiger partial charge in [-0.3, -0.25) is 0 Å². The van der Waals surface area contributed by atoms with Crippen molar-refractivity contribution in [3.8, 4) is 0 Å². The Bertz CT molecular complexity index is 15.5. The average Bonchev–Trinajstić information content (AvgIpc) is 1.00. The van der Waals surface area contributed by atoms with Crippen molar-refractivity contribution >= 4 is 137 Å². The quantitative estimate of drug-likeness (QED) is 0.296. The SMILES string of the molecule is [Bi].[Ca].[O]=[Cu].[Pb].[Sr]. The van der Waals surface area contributed by atoms with Gasteiger partial charge in [-0.05, 0) is 0 Å². The third-order valence-corrected chi connectivity index (χ3v) is 0. The summed E-state index contributed by atoms with van der Waals surface area (Å²) in [5.41, 5.74) is 0. The molecule has 0 aliphatic carbocycles. The van der Waals surface area contributed by atoms with E-state index < -0.39 is 0 Å². The molecule has 0 fully saturated rings. The van der Waals surface area contributed by atoms with E-state index in [1.807, 2.05) is 0 Å². The summed E-state index contributed by atoms with van der Waals surface area (Å²) < 4.78 is 7.81. The topological polar surface area (TPSA) is 17.1 Å². The second kappa shape index (κ2) is 32.8. The minimum absolute atomic E-state index is 0. The molecule has 0 saturated heterocycles. The van der Waals surface area contributed by atoms with Crippen molar-refractivity contribution in [2.24, 2.45) is 0 Å². The molecule has 0 amide bonds. The second-order valence-electron chi connectivity index (χ2n) is 0. The molecule has 0 aliphatic rings. The Balaban J connectivity index is -0.000000000833. The maximum atomic E-state index is 7.81. The average molecular weight is 623 g/mol. The third kappa shape index (κ3) is 23.2. The summed E-state index contributed by atoms with van der Waals surface area (Å²) in [6.07, 6.45) is 0. The summed E-state index contributed by atoms with van der Waals surface area (Å²) in [6, 6.07) is 0. The van der Waals surface area contributed by atoms with Gasteiger partial charge in [-0.15, -0.1) is 0 Å². The fourth-order valence-corrected chi connectivity index (χ4v) is 0. The molecule has 0 heterocycles. The Morgan fingerprint density at radius 1 is 1.17 bits per heavy atom. The van der Waals surface area contributed by atoms with Crippen molar-refractivity contribution in [2.45, 2.75) is 0 Å². The van der Waals surface area contributed by atoms with Crippen LogP contribution >= 0.6 is 0 Å². The molecular formula is BiCaCuOPbSr. The molecule has 1 nitrogen and oxygen atoms in total. The molecule has 6 heavy (non-hydrogen) atoms. The van der Waals surface area contributed by atoms with Gasteiger partial charge in [-0.25, -0.2) is 0 Å². The van der Waals surface area contributed by atoms with E-state index in [4.69, 9.17) is 3.83 Å². The van der Waals surface area contributed by atoms with Crippen molar-refractivity contribution in [3.63, 3.8) is 0 Å². The first-order chi connectivity index (χ1) is 1.00. The minimum atomic E-state index is 0. The summed E-state index contributed by atoms with van der Waals surface area (Å²) in [4.78, 5) is 0. The van der Waals surface area contributed by atoms with E-state index >= 15 is 0 Å². The first kappa shape index (κ1) is 30.7. The van der Waals surface area contributed by atoms with Crippen molar-refractivity contribution in [3.05, 3.63) is 0 Å². The predicted molar refractivity (Wildman–Crippen MR) is 23.7 cm³/mol. The standard InChI is InChI=1S/Bi.Ca.Cu.O.Pb.Sr. The molecule has 0 aromatic carbocycles. The summed E-state index contributed by atoms with van der Waals surface area (Å²) in [7, 11) is 0. The van der Waals surface area contributed by atoms with Crippen LogP contribution in [0.2, 0.25) is 0 Å².